The van der Waals surface area contributed by atoms with E-state index in [9.17, 15) is 4.79 Å². The molecule has 4 rings (SSSR count). The standard InChI is InChI=1S/C20H24N3O2P.C5H12/c1-13-9-14(3-5-17(13)25-2)18-10-19(24)23-12-16(4-6-20(23)26-18)22-8-7-15(21)11-22;1-4-5(2)3/h3-6,9-10,12,15,20,26H,7-8,11,21H2,1-2H3;5H,4H2,1-3H3/t15-,20?;/m0./s1. The number of allylic oxidation sites excluding steroid dienone is 1. The lowest BCUT2D eigenvalue weighted by molar-refractivity contribution is -0.123. The van der Waals surface area contributed by atoms with Crippen molar-refractivity contribution in [3.8, 4) is 5.75 Å². The van der Waals surface area contributed by atoms with E-state index >= 15 is 0 Å². The summed E-state index contributed by atoms with van der Waals surface area (Å²) in [6, 6.07) is 6.33. The minimum absolute atomic E-state index is 0.0440. The van der Waals surface area contributed by atoms with E-state index in [-0.39, 0.29) is 17.7 Å². The minimum Gasteiger partial charge on any atom is -0.496 e. The van der Waals surface area contributed by atoms with Gasteiger partial charge in [0.2, 0.25) is 0 Å². The van der Waals surface area contributed by atoms with Crippen LogP contribution in [0.1, 0.15) is 44.7 Å². The molecule has 0 radical (unpaired) electrons. The predicted octanol–water partition coefficient (Wildman–Crippen LogP) is 4.69. The van der Waals surface area contributed by atoms with Gasteiger partial charge in [-0.05, 0) is 53.9 Å². The first kappa shape index (κ1) is 23.6. The second-order valence-corrected chi connectivity index (χ2v) is 10.2. The first-order valence-electron chi connectivity index (χ1n) is 11.2. The Morgan fingerprint density at radius 3 is 2.65 bits per heavy atom. The fraction of sp³-hybridized carbons (Fsp3) is 0.480. The molecule has 0 spiro atoms. The molecule has 0 saturated carbocycles. The number of nitrogens with two attached hydrogens (primary N) is 1. The van der Waals surface area contributed by atoms with Gasteiger partial charge in [-0.15, -0.1) is 0 Å². The van der Waals surface area contributed by atoms with Crippen LogP contribution >= 0.6 is 8.58 Å². The molecule has 168 valence electrons. The summed E-state index contributed by atoms with van der Waals surface area (Å²) in [5.41, 5.74) is 9.28. The zero-order valence-electron chi connectivity index (χ0n) is 19.4. The van der Waals surface area contributed by atoms with E-state index in [1.54, 1.807) is 13.2 Å². The van der Waals surface area contributed by atoms with E-state index in [0.717, 1.165) is 53.3 Å². The highest BCUT2D eigenvalue weighted by Gasteiger charge is 2.30. The molecule has 2 N–H and O–H groups in total. The highest BCUT2D eigenvalue weighted by Crippen LogP contribution is 2.45. The van der Waals surface area contributed by atoms with Crippen molar-refractivity contribution in [3.63, 3.8) is 0 Å². The Bertz CT molecular complexity index is 891. The first-order chi connectivity index (χ1) is 14.8. The van der Waals surface area contributed by atoms with Crippen LogP contribution in [0.5, 0.6) is 5.75 Å². The van der Waals surface area contributed by atoms with E-state index in [1.807, 2.05) is 30.2 Å². The van der Waals surface area contributed by atoms with Gasteiger partial charge < -0.3 is 20.3 Å². The maximum absolute atomic E-state index is 12.8. The van der Waals surface area contributed by atoms with Gasteiger partial charge in [0.15, 0.2) is 0 Å². The number of rotatable bonds is 4. The molecule has 3 heterocycles. The van der Waals surface area contributed by atoms with Crippen molar-refractivity contribution in [3.05, 3.63) is 59.5 Å². The van der Waals surface area contributed by atoms with Gasteiger partial charge in [0.25, 0.3) is 5.91 Å². The highest BCUT2D eigenvalue weighted by molar-refractivity contribution is 7.51. The normalized spacial score (nSPS) is 23.4. The van der Waals surface area contributed by atoms with Gasteiger partial charge in [0, 0.05) is 31.4 Å². The summed E-state index contributed by atoms with van der Waals surface area (Å²) in [4.78, 5) is 16.9. The second-order valence-electron chi connectivity index (χ2n) is 8.79. The van der Waals surface area contributed by atoms with Gasteiger partial charge in [-0.25, -0.2) is 0 Å². The molecule has 1 fully saturated rings. The molecule has 5 nitrogen and oxygen atoms in total. The largest absolute Gasteiger partial charge is 0.496 e. The van der Waals surface area contributed by atoms with Gasteiger partial charge in [0.05, 0.1) is 18.6 Å². The van der Waals surface area contributed by atoms with Crippen LogP contribution in [0, 0.1) is 12.8 Å². The molecule has 3 aliphatic rings. The summed E-state index contributed by atoms with van der Waals surface area (Å²) in [6.45, 7) is 10.5. The number of fused-ring (bicyclic) bond motifs is 1. The maximum atomic E-state index is 12.8. The summed E-state index contributed by atoms with van der Waals surface area (Å²) >= 11 is 0. The topological polar surface area (TPSA) is 58.8 Å². The molecule has 31 heavy (non-hydrogen) atoms. The average molecular weight is 442 g/mol. The molecule has 0 aliphatic carbocycles. The number of aryl methyl sites for hydroxylation is 1. The zero-order chi connectivity index (χ0) is 22.5. The van der Waals surface area contributed by atoms with Gasteiger partial charge in [-0.3, -0.25) is 4.79 Å². The Balaban J connectivity index is 0.000000491. The van der Waals surface area contributed by atoms with Crippen LogP contribution in [0.25, 0.3) is 5.31 Å². The molecule has 1 aromatic rings. The Hall–Kier alpha value is -2.10. The summed E-state index contributed by atoms with van der Waals surface area (Å²) < 4.78 is 5.34. The third kappa shape index (κ3) is 5.78. The number of carbonyl (C=O) groups is 1. The second kappa shape index (κ2) is 10.5. The van der Waals surface area contributed by atoms with E-state index in [2.05, 4.69) is 43.9 Å². The van der Waals surface area contributed by atoms with Crippen LogP contribution in [0.4, 0.5) is 0 Å². The van der Waals surface area contributed by atoms with Crippen molar-refractivity contribution < 1.29 is 9.53 Å². The fourth-order valence-corrected chi connectivity index (χ4v) is 5.07. The predicted molar refractivity (Wildman–Crippen MR) is 131 cm³/mol. The average Bonchev–Trinajstić information content (AvgIpc) is 3.20. The van der Waals surface area contributed by atoms with Crippen LogP contribution in [0.2, 0.25) is 0 Å². The number of benzene rings is 1. The number of amides is 1. The number of ether oxygens (including phenoxy) is 1. The number of hydrogen-bond donors (Lipinski definition) is 1. The Morgan fingerprint density at radius 2 is 2.06 bits per heavy atom. The summed E-state index contributed by atoms with van der Waals surface area (Å²) in [7, 11) is 2.20. The maximum Gasteiger partial charge on any atom is 0.252 e. The van der Waals surface area contributed by atoms with Crippen molar-refractivity contribution in [2.75, 3.05) is 20.2 Å². The first-order valence-corrected chi connectivity index (χ1v) is 12.3. The van der Waals surface area contributed by atoms with Crippen LogP contribution in [-0.4, -0.2) is 47.7 Å². The van der Waals surface area contributed by atoms with Crippen molar-refractivity contribution in [1.29, 1.82) is 0 Å². The summed E-state index contributed by atoms with van der Waals surface area (Å²) in [5, 5.41) is 1.10. The van der Waals surface area contributed by atoms with Gasteiger partial charge in [-0.1, -0.05) is 47.9 Å². The third-order valence-electron chi connectivity index (χ3n) is 5.96. The molecule has 6 heteroatoms. The number of hydrogen-bond acceptors (Lipinski definition) is 4. The molecule has 3 atom stereocenters. The molecule has 0 bridgehead atoms. The Labute approximate surface area is 188 Å². The van der Waals surface area contributed by atoms with E-state index in [0.29, 0.717) is 8.58 Å². The quantitative estimate of drug-likeness (QED) is 0.689. The van der Waals surface area contributed by atoms with Crippen LogP contribution < -0.4 is 10.5 Å². The van der Waals surface area contributed by atoms with E-state index in [1.165, 1.54) is 6.42 Å². The van der Waals surface area contributed by atoms with Crippen molar-refractivity contribution in [1.82, 2.24) is 9.80 Å². The molecule has 1 amide bonds. The van der Waals surface area contributed by atoms with E-state index < -0.39 is 0 Å². The molecule has 1 saturated heterocycles. The monoisotopic (exact) mass is 441 g/mol. The molecule has 2 unspecified atom stereocenters. The lowest BCUT2D eigenvalue weighted by Crippen LogP contribution is -2.37. The zero-order valence-corrected chi connectivity index (χ0v) is 20.4. The molecular formula is C25H36N3O2P. The highest BCUT2D eigenvalue weighted by atomic mass is 31.1. The molecule has 0 aromatic heterocycles. The number of methoxy groups -OCH3 is 1. The van der Waals surface area contributed by atoms with Crippen LogP contribution in [0.15, 0.2) is 48.3 Å². The Kier molecular flexibility index (Phi) is 7.96. The number of likely N-dealkylation sites (tertiary alicyclic amines) is 1. The smallest absolute Gasteiger partial charge is 0.252 e. The van der Waals surface area contributed by atoms with E-state index in [4.69, 9.17) is 10.5 Å². The fourth-order valence-electron chi connectivity index (χ4n) is 3.69. The summed E-state index contributed by atoms with van der Waals surface area (Å²) in [5.74, 6) is 1.90. The Morgan fingerprint density at radius 1 is 1.32 bits per heavy atom. The van der Waals surface area contributed by atoms with Crippen molar-refractivity contribution in [2.24, 2.45) is 11.7 Å². The van der Waals surface area contributed by atoms with Gasteiger partial charge in [0.1, 0.15) is 5.75 Å². The minimum atomic E-state index is 0.0440. The van der Waals surface area contributed by atoms with Crippen LogP contribution in [-0.2, 0) is 4.79 Å². The van der Waals surface area contributed by atoms with Crippen molar-refractivity contribution >= 4 is 19.8 Å². The third-order valence-corrected chi connectivity index (χ3v) is 7.47. The lowest BCUT2D eigenvalue weighted by Gasteiger charge is -2.35. The summed E-state index contributed by atoms with van der Waals surface area (Å²) in [6.07, 6.45) is 10.4. The molecule has 3 aliphatic heterocycles. The number of carbonyl (C=O) groups excluding carboxylic acids is 1. The van der Waals surface area contributed by atoms with Gasteiger partial charge >= 0.3 is 0 Å². The number of nitrogens with zero attached hydrogens (tertiary/aromatic N) is 2. The molecule has 1 aromatic carbocycles. The molecular weight excluding hydrogens is 405 g/mol. The SMILES string of the molecule is CCC(C)C.COc1ccc(C2=CC(=O)N3C=C(N4CC[C@H](N)C4)C=CC3P2)cc1C. The van der Waals surface area contributed by atoms with Gasteiger partial charge in [-0.2, -0.15) is 0 Å². The lowest BCUT2D eigenvalue weighted by atomic mass is 10.1. The van der Waals surface area contributed by atoms with Crippen LogP contribution in [0.3, 0.4) is 0 Å². The van der Waals surface area contributed by atoms with Crippen molar-refractivity contribution in [2.45, 2.75) is 52.4 Å².